The van der Waals surface area contributed by atoms with Gasteiger partial charge >= 0.3 is 0 Å². The van der Waals surface area contributed by atoms with Crippen molar-refractivity contribution in [2.45, 2.75) is 57.7 Å². The number of likely N-dealkylation sites (tertiary alicyclic amines) is 1. The minimum absolute atomic E-state index is 0.0735. The molecule has 120 valence electrons. The second kappa shape index (κ2) is 5.35. The van der Waals surface area contributed by atoms with Crippen LogP contribution in [-0.4, -0.2) is 38.8 Å². The van der Waals surface area contributed by atoms with E-state index < -0.39 is 5.91 Å². The number of nitrogens with two attached hydrogens (primary N) is 2. The molecule has 1 aliphatic rings. The summed E-state index contributed by atoms with van der Waals surface area (Å²) < 4.78 is 0. The summed E-state index contributed by atoms with van der Waals surface area (Å²) in [7, 11) is 0. The Labute approximate surface area is 130 Å². The molecule has 6 heteroatoms. The third kappa shape index (κ3) is 2.97. The lowest BCUT2D eigenvalue weighted by Crippen LogP contribution is -2.65. The summed E-state index contributed by atoms with van der Waals surface area (Å²) in [4.78, 5) is 29.9. The van der Waals surface area contributed by atoms with Crippen LogP contribution in [0.4, 0.5) is 0 Å². The van der Waals surface area contributed by atoms with Gasteiger partial charge in [0.15, 0.2) is 0 Å². The van der Waals surface area contributed by atoms with Gasteiger partial charge in [0.2, 0.25) is 0 Å². The Morgan fingerprint density at radius 3 is 2.14 bits per heavy atom. The summed E-state index contributed by atoms with van der Waals surface area (Å²) in [5, 5.41) is 0. The molecule has 0 spiro atoms. The molecule has 1 aromatic rings. The van der Waals surface area contributed by atoms with Gasteiger partial charge in [0.25, 0.3) is 11.8 Å². The quantitative estimate of drug-likeness (QED) is 0.859. The zero-order valence-corrected chi connectivity index (χ0v) is 13.6. The number of primary amides is 1. The average Bonchev–Trinajstić information content (AvgIpc) is 2.35. The van der Waals surface area contributed by atoms with E-state index in [1.54, 1.807) is 6.07 Å². The maximum absolute atomic E-state index is 12.9. The van der Waals surface area contributed by atoms with Crippen LogP contribution in [-0.2, 0) is 0 Å². The van der Waals surface area contributed by atoms with Gasteiger partial charge in [-0.1, -0.05) is 0 Å². The van der Waals surface area contributed by atoms with E-state index >= 15 is 0 Å². The number of hydrogen-bond donors (Lipinski definition) is 2. The maximum atomic E-state index is 12.9. The molecule has 0 aliphatic carbocycles. The maximum Gasteiger partial charge on any atom is 0.267 e. The van der Waals surface area contributed by atoms with Crippen molar-refractivity contribution in [2.24, 2.45) is 11.5 Å². The molecule has 1 aliphatic heterocycles. The number of amides is 2. The standard InChI is InChI=1S/C16H24N4O2/c1-15(2)7-11(17)8-16(3,4)20(15)14(22)10-5-6-12(13(18)21)19-9-10/h5-6,9,11H,7-8,17H2,1-4H3,(H2,18,21). The van der Waals surface area contributed by atoms with E-state index in [-0.39, 0.29) is 28.7 Å². The zero-order chi connectivity index (χ0) is 16.7. The Morgan fingerprint density at radius 1 is 1.18 bits per heavy atom. The summed E-state index contributed by atoms with van der Waals surface area (Å²) >= 11 is 0. The lowest BCUT2D eigenvalue weighted by molar-refractivity contribution is -0.0172. The molecular formula is C16H24N4O2. The smallest absolute Gasteiger partial charge is 0.267 e. The van der Waals surface area contributed by atoms with Crippen LogP contribution in [0.15, 0.2) is 18.3 Å². The fraction of sp³-hybridized carbons (Fsp3) is 0.562. The second-order valence-corrected chi connectivity index (χ2v) is 7.23. The molecule has 1 saturated heterocycles. The van der Waals surface area contributed by atoms with Gasteiger partial charge in [-0.3, -0.25) is 14.6 Å². The van der Waals surface area contributed by atoms with Crippen molar-refractivity contribution in [2.75, 3.05) is 0 Å². The van der Waals surface area contributed by atoms with Crippen molar-refractivity contribution in [3.8, 4) is 0 Å². The van der Waals surface area contributed by atoms with Gasteiger partial charge in [-0.05, 0) is 52.7 Å². The van der Waals surface area contributed by atoms with E-state index in [1.807, 2.05) is 32.6 Å². The monoisotopic (exact) mass is 304 g/mol. The van der Waals surface area contributed by atoms with Crippen LogP contribution >= 0.6 is 0 Å². The van der Waals surface area contributed by atoms with E-state index in [0.717, 1.165) is 12.8 Å². The summed E-state index contributed by atoms with van der Waals surface area (Å²) in [5.41, 5.74) is 11.2. The van der Waals surface area contributed by atoms with E-state index in [0.29, 0.717) is 5.56 Å². The van der Waals surface area contributed by atoms with Gasteiger partial charge in [-0.25, -0.2) is 0 Å². The van der Waals surface area contributed by atoms with Gasteiger partial charge in [0.05, 0.1) is 5.56 Å². The number of hydrogen-bond acceptors (Lipinski definition) is 4. The predicted octanol–water partition coefficient (Wildman–Crippen LogP) is 1.30. The second-order valence-electron chi connectivity index (χ2n) is 7.23. The molecule has 0 atom stereocenters. The third-order valence-electron chi connectivity index (χ3n) is 4.20. The first kappa shape index (κ1) is 16.4. The van der Waals surface area contributed by atoms with E-state index in [2.05, 4.69) is 4.98 Å². The molecule has 2 rings (SSSR count). The van der Waals surface area contributed by atoms with Crippen LogP contribution in [0, 0.1) is 0 Å². The van der Waals surface area contributed by atoms with Crippen molar-refractivity contribution >= 4 is 11.8 Å². The van der Waals surface area contributed by atoms with E-state index in [1.165, 1.54) is 12.3 Å². The van der Waals surface area contributed by atoms with Crippen LogP contribution in [0.1, 0.15) is 61.4 Å². The highest BCUT2D eigenvalue weighted by Crippen LogP contribution is 2.38. The van der Waals surface area contributed by atoms with Crippen molar-refractivity contribution < 1.29 is 9.59 Å². The summed E-state index contributed by atoms with van der Waals surface area (Å²) in [5.74, 6) is -0.714. The molecular weight excluding hydrogens is 280 g/mol. The number of pyridine rings is 1. The topological polar surface area (TPSA) is 102 Å². The van der Waals surface area contributed by atoms with Crippen molar-refractivity contribution in [3.05, 3.63) is 29.6 Å². The molecule has 1 aromatic heterocycles. The first-order chi connectivity index (χ1) is 10.0. The molecule has 0 aromatic carbocycles. The Hall–Kier alpha value is -1.95. The van der Waals surface area contributed by atoms with Gasteiger partial charge in [-0.2, -0.15) is 0 Å². The average molecular weight is 304 g/mol. The normalized spacial score (nSPS) is 20.7. The molecule has 4 N–H and O–H groups in total. The summed E-state index contributed by atoms with van der Waals surface area (Å²) in [6.07, 6.45) is 2.90. The van der Waals surface area contributed by atoms with Gasteiger partial charge in [-0.15, -0.1) is 0 Å². The molecule has 0 unspecified atom stereocenters. The Balaban J connectivity index is 2.35. The minimum Gasteiger partial charge on any atom is -0.364 e. The Bertz CT molecular complexity index is 575. The predicted molar refractivity (Wildman–Crippen MR) is 84.3 cm³/mol. The Morgan fingerprint density at radius 2 is 1.73 bits per heavy atom. The van der Waals surface area contributed by atoms with Gasteiger partial charge < -0.3 is 16.4 Å². The minimum atomic E-state index is -0.608. The number of nitrogens with zero attached hydrogens (tertiary/aromatic N) is 2. The molecule has 2 heterocycles. The highest BCUT2D eigenvalue weighted by Gasteiger charge is 2.47. The lowest BCUT2D eigenvalue weighted by Gasteiger charge is -2.54. The number of rotatable bonds is 2. The first-order valence-corrected chi connectivity index (χ1v) is 7.41. The van der Waals surface area contributed by atoms with Crippen LogP contribution in [0.25, 0.3) is 0 Å². The summed E-state index contributed by atoms with van der Waals surface area (Å²) in [6, 6.07) is 3.14. The highest BCUT2D eigenvalue weighted by atomic mass is 16.2. The first-order valence-electron chi connectivity index (χ1n) is 7.41. The van der Waals surface area contributed by atoms with Crippen molar-refractivity contribution in [1.82, 2.24) is 9.88 Å². The number of carbonyl (C=O) groups excluding carboxylic acids is 2. The van der Waals surface area contributed by atoms with Crippen LogP contribution < -0.4 is 11.5 Å². The van der Waals surface area contributed by atoms with Crippen LogP contribution in [0.3, 0.4) is 0 Å². The van der Waals surface area contributed by atoms with E-state index in [9.17, 15) is 9.59 Å². The van der Waals surface area contributed by atoms with Gasteiger partial charge in [0, 0.05) is 23.3 Å². The SMILES string of the molecule is CC1(C)CC(N)CC(C)(C)N1C(=O)c1ccc(C(N)=O)nc1. The number of aromatic nitrogens is 1. The molecule has 2 amide bonds. The van der Waals surface area contributed by atoms with Crippen LogP contribution in [0.5, 0.6) is 0 Å². The van der Waals surface area contributed by atoms with Crippen molar-refractivity contribution in [3.63, 3.8) is 0 Å². The molecule has 22 heavy (non-hydrogen) atoms. The summed E-state index contributed by atoms with van der Waals surface area (Å²) in [6.45, 7) is 8.10. The van der Waals surface area contributed by atoms with Crippen molar-refractivity contribution in [1.29, 1.82) is 0 Å². The largest absolute Gasteiger partial charge is 0.364 e. The fourth-order valence-corrected chi connectivity index (χ4v) is 3.70. The number of piperidine rings is 1. The zero-order valence-electron chi connectivity index (χ0n) is 13.6. The Kier molecular flexibility index (Phi) is 4.00. The lowest BCUT2D eigenvalue weighted by atomic mass is 9.77. The van der Waals surface area contributed by atoms with Gasteiger partial charge in [0.1, 0.15) is 5.69 Å². The van der Waals surface area contributed by atoms with E-state index in [4.69, 9.17) is 11.5 Å². The molecule has 0 radical (unpaired) electrons. The molecule has 0 bridgehead atoms. The fourth-order valence-electron chi connectivity index (χ4n) is 3.70. The number of carbonyl (C=O) groups is 2. The molecule has 1 fully saturated rings. The third-order valence-corrected chi connectivity index (χ3v) is 4.20. The molecule has 6 nitrogen and oxygen atoms in total. The van der Waals surface area contributed by atoms with Crippen LogP contribution in [0.2, 0.25) is 0 Å². The molecule has 0 saturated carbocycles. The highest BCUT2D eigenvalue weighted by molar-refractivity contribution is 5.96.